The van der Waals surface area contributed by atoms with Crippen molar-refractivity contribution < 1.29 is 24.2 Å². The molecule has 61 heavy (non-hydrogen) atoms. The SMILES string of the molecule is Cc1cc([C@@H]2CN(c3cc(-c4ccccc4O)nnc3N)CCO2)c(C)cc1C(=O)N1CCC(CN2CCC(n3c(C)cc4c(N5CCC(=O)NC5=O)cccc43)CC2)CC1. The Bertz CT molecular complexity index is 2490. The minimum atomic E-state index is -0.356. The molecule has 4 saturated heterocycles. The zero-order valence-corrected chi connectivity index (χ0v) is 35.3. The Labute approximate surface area is 356 Å². The molecular weight excluding hydrogens is 771 g/mol. The van der Waals surface area contributed by atoms with Gasteiger partial charge in [0.15, 0.2) is 5.82 Å². The average molecular weight is 826 g/mol. The van der Waals surface area contributed by atoms with Crippen LogP contribution in [-0.2, 0) is 9.53 Å². The largest absolute Gasteiger partial charge is 0.507 e. The van der Waals surface area contributed by atoms with Gasteiger partial charge in [0.05, 0.1) is 29.2 Å². The lowest BCUT2D eigenvalue weighted by Crippen LogP contribution is -2.49. The number of hydrogen-bond donors (Lipinski definition) is 3. The summed E-state index contributed by atoms with van der Waals surface area (Å²) in [5.41, 5.74) is 15.2. The molecule has 2 aromatic heterocycles. The van der Waals surface area contributed by atoms with Gasteiger partial charge in [0, 0.05) is 87.0 Å². The van der Waals surface area contributed by atoms with E-state index >= 15 is 0 Å². The van der Waals surface area contributed by atoms with Crippen molar-refractivity contribution in [2.75, 3.05) is 74.5 Å². The van der Waals surface area contributed by atoms with Crippen LogP contribution in [0.1, 0.15) is 77.0 Å². The van der Waals surface area contributed by atoms with E-state index < -0.39 is 0 Å². The second-order valence-electron chi connectivity index (χ2n) is 17.2. The number of hydrogen-bond acceptors (Lipinski definition) is 10. The highest BCUT2D eigenvalue weighted by Crippen LogP contribution is 2.38. The van der Waals surface area contributed by atoms with E-state index in [9.17, 15) is 19.5 Å². The van der Waals surface area contributed by atoms with Crippen molar-refractivity contribution in [2.45, 2.75) is 65.0 Å². The van der Waals surface area contributed by atoms with Crippen LogP contribution >= 0.6 is 0 Å². The van der Waals surface area contributed by atoms with Gasteiger partial charge in [-0.2, -0.15) is 0 Å². The van der Waals surface area contributed by atoms with Crippen LogP contribution in [0.2, 0.25) is 0 Å². The molecule has 318 valence electrons. The number of carbonyl (C=O) groups is 3. The summed E-state index contributed by atoms with van der Waals surface area (Å²) >= 11 is 0. The number of aryl methyl sites for hydroxylation is 3. The van der Waals surface area contributed by atoms with Crippen molar-refractivity contribution in [2.24, 2.45) is 5.92 Å². The zero-order chi connectivity index (χ0) is 42.4. The second kappa shape index (κ2) is 16.8. The van der Waals surface area contributed by atoms with Gasteiger partial charge in [-0.3, -0.25) is 19.8 Å². The highest BCUT2D eigenvalue weighted by molar-refractivity contribution is 6.09. The average Bonchev–Trinajstić information content (AvgIpc) is 3.61. The number of fused-ring (bicyclic) bond motifs is 1. The summed E-state index contributed by atoms with van der Waals surface area (Å²) in [4.78, 5) is 47.0. The summed E-state index contributed by atoms with van der Waals surface area (Å²) in [7, 11) is 0. The van der Waals surface area contributed by atoms with Gasteiger partial charge in [-0.1, -0.05) is 24.3 Å². The standard InChI is InChI=1S/C47H55N9O5/c1-29-24-36(30(2)23-35(29)43-28-54(21-22-61-43)41-26-38(50-51-45(41)48)34-7-4-5-10-42(34)57)46(59)53-18-11-32(12-19-53)27-52-16-13-33(14-17-52)56-31(3)25-37-39(8-6-9-40(37)56)55-20-15-44(58)49-47(55)60/h4-10,23-26,32-33,43,57H,11-22,27-28H2,1-3H3,(H2,48,51)(H,49,58,60)/t43-/m0/s1. The number of nitrogen functional groups attached to an aromatic ring is 1. The molecule has 9 rings (SSSR count). The topological polar surface area (TPSA) is 162 Å². The quantitative estimate of drug-likeness (QED) is 0.157. The van der Waals surface area contributed by atoms with Crippen LogP contribution in [0.5, 0.6) is 5.75 Å². The van der Waals surface area contributed by atoms with Crippen molar-refractivity contribution in [1.82, 2.24) is 29.9 Å². The molecule has 14 nitrogen and oxygen atoms in total. The number of carbonyl (C=O) groups excluding carboxylic acids is 3. The Morgan fingerprint density at radius 3 is 2.43 bits per heavy atom. The van der Waals surface area contributed by atoms with Crippen molar-refractivity contribution in [3.05, 3.63) is 94.7 Å². The first-order valence-electron chi connectivity index (χ1n) is 21.6. The van der Waals surface area contributed by atoms with Crippen molar-refractivity contribution in [3.8, 4) is 17.0 Å². The van der Waals surface area contributed by atoms with E-state index in [1.165, 1.54) is 5.69 Å². The third-order valence-electron chi connectivity index (χ3n) is 13.3. The normalized spacial score (nSPS) is 19.8. The lowest BCUT2D eigenvalue weighted by atomic mass is 9.92. The van der Waals surface area contributed by atoms with Crippen LogP contribution in [0, 0.1) is 26.7 Å². The lowest BCUT2D eigenvalue weighted by Gasteiger charge is -2.38. The molecule has 14 heteroatoms. The molecule has 6 heterocycles. The number of nitrogens with zero attached hydrogens (tertiary/aromatic N) is 7. The van der Waals surface area contributed by atoms with Gasteiger partial charge in [-0.25, -0.2) is 4.79 Å². The van der Waals surface area contributed by atoms with Crippen LogP contribution in [0.25, 0.3) is 22.2 Å². The number of likely N-dealkylation sites (tertiary alicyclic amines) is 2. The number of phenolic OH excluding ortho intramolecular Hbond substituents is 1. The number of rotatable bonds is 8. The van der Waals surface area contributed by atoms with Gasteiger partial charge in [0.25, 0.3) is 5.91 Å². The molecule has 3 aromatic carbocycles. The summed E-state index contributed by atoms with van der Waals surface area (Å²) in [5.74, 6) is 0.873. The highest BCUT2D eigenvalue weighted by atomic mass is 16.5. The molecule has 0 saturated carbocycles. The summed E-state index contributed by atoms with van der Waals surface area (Å²) in [6, 6.07) is 21.4. The maximum absolute atomic E-state index is 14.0. The molecule has 4 amide bonds. The minimum Gasteiger partial charge on any atom is -0.507 e. The number of anilines is 3. The molecule has 4 aliphatic heterocycles. The predicted octanol–water partition coefficient (Wildman–Crippen LogP) is 6.52. The van der Waals surface area contributed by atoms with Gasteiger partial charge in [0.2, 0.25) is 5.91 Å². The molecule has 5 aromatic rings. The molecule has 0 unspecified atom stereocenters. The van der Waals surface area contributed by atoms with Crippen LogP contribution in [0.3, 0.4) is 0 Å². The third-order valence-corrected chi connectivity index (χ3v) is 13.3. The van der Waals surface area contributed by atoms with Gasteiger partial charge in [-0.15, -0.1) is 10.2 Å². The number of nitrogens with one attached hydrogen (secondary N) is 1. The molecule has 4 N–H and O–H groups in total. The van der Waals surface area contributed by atoms with E-state index in [-0.39, 0.29) is 29.7 Å². The first kappa shape index (κ1) is 40.4. The number of ether oxygens (including phenoxy) is 1. The Kier molecular flexibility index (Phi) is 11.1. The number of amides is 4. The first-order valence-corrected chi connectivity index (χ1v) is 21.6. The Balaban J connectivity index is 0.791. The fourth-order valence-corrected chi connectivity index (χ4v) is 10.0. The number of morpholine rings is 1. The Morgan fingerprint density at radius 1 is 0.869 bits per heavy atom. The van der Waals surface area contributed by atoms with E-state index in [0.29, 0.717) is 61.7 Å². The molecule has 1 atom stereocenters. The van der Waals surface area contributed by atoms with Gasteiger partial charge in [-0.05, 0) is 112 Å². The van der Waals surface area contributed by atoms with E-state index in [1.54, 1.807) is 23.1 Å². The number of nitrogens with two attached hydrogens (primary N) is 1. The lowest BCUT2D eigenvalue weighted by molar-refractivity contribution is -0.120. The number of phenols is 1. The number of piperidine rings is 2. The molecule has 0 aliphatic carbocycles. The van der Waals surface area contributed by atoms with Crippen molar-refractivity contribution in [3.63, 3.8) is 0 Å². The second-order valence-corrected chi connectivity index (χ2v) is 17.2. The van der Waals surface area contributed by atoms with Crippen LogP contribution in [-0.4, -0.2) is 106 Å². The van der Waals surface area contributed by atoms with Gasteiger partial charge >= 0.3 is 6.03 Å². The summed E-state index contributed by atoms with van der Waals surface area (Å²) in [6.45, 7) is 12.9. The zero-order valence-electron chi connectivity index (χ0n) is 35.3. The first-order chi connectivity index (χ1) is 29.5. The van der Waals surface area contributed by atoms with Gasteiger partial charge in [0.1, 0.15) is 11.9 Å². The summed E-state index contributed by atoms with van der Waals surface area (Å²) in [6.07, 6.45) is 4.17. The number of urea groups is 1. The number of aromatic hydroxyl groups is 1. The minimum absolute atomic E-state index is 0.0943. The van der Waals surface area contributed by atoms with Crippen molar-refractivity contribution in [1.29, 1.82) is 0 Å². The predicted molar refractivity (Wildman–Crippen MR) is 236 cm³/mol. The Hall–Kier alpha value is -5.99. The van der Waals surface area contributed by atoms with E-state index in [2.05, 4.69) is 61.9 Å². The molecule has 0 radical (unpaired) electrons. The fraction of sp³-hybridized carbons (Fsp3) is 0.426. The molecule has 0 spiro atoms. The van der Waals surface area contributed by atoms with Crippen LogP contribution < -0.4 is 20.9 Å². The molecule has 4 fully saturated rings. The Morgan fingerprint density at radius 2 is 1.66 bits per heavy atom. The van der Waals surface area contributed by atoms with Crippen LogP contribution in [0.15, 0.2) is 66.7 Å². The smallest absolute Gasteiger partial charge is 0.328 e. The maximum atomic E-state index is 14.0. The van der Waals surface area contributed by atoms with Gasteiger partial charge < -0.3 is 34.8 Å². The molecule has 0 bridgehead atoms. The highest BCUT2D eigenvalue weighted by Gasteiger charge is 2.32. The third kappa shape index (κ3) is 8.02. The number of imide groups is 1. The number of para-hydroxylation sites is 1. The summed E-state index contributed by atoms with van der Waals surface area (Å²) < 4.78 is 8.76. The summed E-state index contributed by atoms with van der Waals surface area (Å²) in [5, 5.41) is 22.4. The molecule has 4 aliphatic rings. The molecular formula is C47H55N9O5. The van der Waals surface area contributed by atoms with E-state index in [4.69, 9.17) is 10.5 Å². The van der Waals surface area contributed by atoms with E-state index in [0.717, 1.165) is 103 Å². The van der Waals surface area contributed by atoms with Crippen molar-refractivity contribution >= 4 is 45.9 Å². The number of benzene rings is 3. The van der Waals surface area contributed by atoms with E-state index in [1.807, 2.05) is 42.2 Å². The fourth-order valence-electron chi connectivity index (χ4n) is 10.0. The maximum Gasteiger partial charge on any atom is 0.328 e. The number of aromatic nitrogens is 3. The monoisotopic (exact) mass is 825 g/mol. The van der Waals surface area contributed by atoms with Crippen LogP contribution in [0.4, 0.5) is 22.0 Å².